The first-order valence-corrected chi connectivity index (χ1v) is 14.0. The summed E-state index contributed by atoms with van der Waals surface area (Å²) in [6, 6.07) is 21.0. The number of halogens is 2. The topological polar surface area (TPSA) is 57.5 Å². The molecule has 5 rings (SSSR count). The second kappa shape index (κ2) is 12.2. The molecule has 1 aliphatic heterocycles. The number of aromatic hydroxyl groups is 1. The van der Waals surface area contributed by atoms with E-state index in [4.69, 9.17) is 23.2 Å². The van der Waals surface area contributed by atoms with Crippen LogP contribution in [0.2, 0.25) is 10.0 Å². The van der Waals surface area contributed by atoms with Crippen molar-refractivity contribution in [1.29, 1.82) is 0 Å². The normalized spacial score (nSPS) is 14.7. The summed E-state index contributed by atoms with van der Waals surface area (Å²) in [6.07, 6.45) is 6.33. The summed E-state index contributed by atoms with van der Waals surface area (Å²) in [4.78, 5) is 15.6. The quantitative estimate of drug-likeness (QED) is 0.238. The zero-order chi connectivity index (χ0) is 26.5. The third-order valence-electron chi connectivity index (χ3n) is 7.48. The monoisotopic (exact) mass is 549 g/mol. The molecule has 1 saturated heterocycles. The van der Waals surface area contributed by atoms with Gasteiger partial charge in [-0.15, -0.1) is 0 Å². The molecule has 1 fully saturated rings. The van der Waals surface area contributed by atoms with Gasteiger partial charge in [0.15, 0.2) is 0 Å². The van der Waals surface area contributed by atoms with Gasteiger partial charge in [-0.05, 0) is 92.7 Å². The first-order chi connectivity index (χ1) is 18.5. The van der Waals surface area contributed by atoms with E-state index in [2.05, 4.69) is 22.3 Å². The number of benzene rings is 3. The summed E-state index contributed by atoms with van der Waals surface area (Å²) >= 11 is 12.1. The number of piperidine rings is 1. The standard InChI is InChI=1S/C31H33Cl2N3O2/c32-25-10-8-22(9-11-25)18-23-12-16-35(17-13-23)14-3-15-36-21-28(27-6-2-7-29(37)30(27)36)31(38)34-20-24-4-1-5-26(33)19-24/h1-2,4-11,19,21,23,37H,3,12-18,20H2,(H,34,38). The molecular weight excluding hydrogens is 517 g/mol. The van der Waals surface area contributed by atoms with Crippen molar-refractivity contribution in [1.82, 2.24) is 14.8 Å². The van der Waals surface area contributed by atoms with Gasteiger partial charge in [-0.3, -0.25) is 4.79 Å². The van der Waals surface area contributed by atoms with E-state index in [0.717, 1.165) is 55.0 Å². The molecule has 198 valence electrons. The molecule has 0 radical (unpaired) electrons. The van der Waals surface area contributed by atoms with Crippen LogP contribution in [0.3, 0.4) is 0 Å². The first-order valence-electron chi connectivity index (χ1n) is 13.3. The van der Waals surface area contributed by atoms with E-state index in [1.807, 2.05) is 53.2 Å². The third kappa shape index (κ3) is 6.52. The number of likely N-dealkylation sites (tertiary alicyclic amines) is 1. The minimum absolute atomic E-state index is 0.165. The fraction of sp³-hybridized carbons (Fsp3) is 0.323. The minimum atomic E-state index is -0.165. The predicted octanol–water partition coefficient (Wildman–Crippen LogP) is 6.93. The van der Waals surface area contributed by atoms with Crippen LogP contribution in [0.15, 0.2) is 72.9 Å². The molecule has 1 amide bonds. The largest absolute Gasteiger partial charge is 0.506 e. The molecule has 5 nitrogen and oxygen atoms in total. The summed E-state index contributed by atoms with van der Waals surface area (Å²) in [5, 5.41) is 15.8. The van der Waals surface area contributed by atoms with Crippen molar-refractivity contribution in [3.8, 4) is 5.75 Å². The molecule has 0 saturated carbocycles. The van der Waals surface area contributed by atoms with Crippen LogP contribution in [0.5, 0.6) is 5.75 Å². The van der Waals surface area contributed by atoms with Gasteiger partial charge in [-0.2, -0.15) is 0 Å². The molecule has 0 aliphatic carbocycles. The maximum Gasteiger partial charge on any atom is 0.253 e. The smallest absolute Gasteiger partial charge is 0.253 e. The number of phenolic OH excluding ortho intramolecular Hbond substituents is 1. The Kier molecular flexibility index (Phi) is 8.58. The van der Waals surface area contributed by atoms with Gasteiger partial charge in [0.25, 0.3) is 5.91 Å². The molecule has 2 heterocycles. The van der Waals surface area contributed by atoms with E-state index >= 15 is 0 Å². The highest BCUT2D eigenvalue weighted by molar-refractivity contribution is 6.30. The van der Waals surface area contributed by atoms with Crippen LogP contribution in [-0.4, -0.2) is 40.1 Å². The van der Waals surface area contributed by atoms with Crippen LogP contribution >= 0.6 is 23.2 Å². The number of rotatable bonds is 9. The summed E-state index contributed by atoms with van der Waals surface area (Å²) in [5.41, 5.74) is 3.58. The summed E-state index contributed by atoms with van der Waals surface area (Å²) in [7, 11) is 0. The van der Waals surface area contributed by atoms with Crippen LogP contribution in [-0.2, 0) is 19.5 Å². The highest BCUT2D eigenvalue weighted by Gasteiger charge is 2.20. The van der Waals surface area contributed by atoms with E-state index < -0.39 is 0 Å². The van der Waals surface area contributed by atoms with Gasteiger partial charge < -0.3 is 19.9 Å². The van der Waals surface area contributed by atoms with E-state index in [1.165, 1.54) is 18.4 Å². The fourth-order valence-electron chi connectivity index (χ4n) is 5.45. The number of nitrogens with zero attached hydrogens (tertiary/aromatic N) is 2. The lowest BCUT2D eigenvalue weighted by molar-refractivity contribution is 0.0952. The summed E-state index contributed by atoms with van der Waals surface area (Å²) < 4.78 is 2.02. The Morgan fingerprint density at radius 3 is 2.45 bits per heavy atom. The van der Waals surface area contributed by atoms with Gasteiger partial charge in [-0.25, -0.2) is 0 Å². The van der Waals surface area contributed by atoms with E-state index in [9.17, 15) is 9.90 Å². The van der Waals surface area contributed by atoms with Gasteiger partial charge in [0, 0.05) is 34.7 Å². The Labute approximate surface area is 234 Å². The molecule has 0 bridgehead atoms. The molecule has 1 aromatic heterocycles. The highest BCUT2D eigenvalue weighted by Crippen LogP contribution is 2.30. The Morgan fingerprint density at radius 2 is 1.68 bits per heavy atom. The second-order valence-corrected chi connectivity index (χ2v) is 11.1. The maximum absolute atomic E-state index is 13.1. The second-order valence-electron chi connectivity index (χ2n) is 10.2. The van der Waals surface area contributed by atoms with Crippen LogP contribution < -0.4 is 5.32 Å². The average Bonchev–Trinajstić information content (AvgIpc) is 3.30. The van der Waals surface area contributed by atoms with Crippen LogP contribution in [0, 0.1) is 5.92 Å². The van der Waals surface area contributed by atoms with Gasteiger partial charge in [0.2, 0.25) is 0 Å². The van der Waals surface area contributed by atoms with Crippen molar-refractivity contribution in [3.05, 3.63) is 99.7 Å². The zero-order valence-electron chi connectivity index (χ0n) is 21.4. The number of aryl methyl sites for hydroxylation is 1. The number of para-hydroxylation sites is 1. The maximum atomic E-state index is 13.1. The zero-order valence-corrected chi connectivity index (χ0v) is 22.9. The number of carbonyl (C=O) groups is 1. The van der Waals surface area contributed by atoms with Gasteiger partial charge in [0.1, 0.15) is 5.75 Å². The fourth-order valence-corrected chi connectivity index (χ4v) is 5.79. The number of fused-ring (bicyclic) bond motifs is 1. The average molecular weight is 551 g/mol. The molecule has 2 N–H and O–H groups in total. The first kappa shape index (κ1) is 26.6. The van der Waals surface area contributed by atoms with Crippen molar-refractivity contribution >= 4 is 40.0 Å². The molecule has 4 aromatic rings. The number of phenols is 1. The Hall–Kier alpha value is -2.99. The molecule has 3 aromatic carbocycles. The predicted molar refractivity (Wildman–Crippen MR) is 155 cm³/mol. The highest BCUT2D eigenvalue weighted by atomic mass is 35.5. The number of amides is 1. The van der Waals surface area contributed by atoms with Gasteiger partial charge >= 0.3 is 0 Å². The van der Waals surface area contributed by atoms with Crippen LogP contribution in [0.4, 0.5) is 0 Å². The molecule has 0 unspecified atom stereocenters. The summed E-state index contributed by atoms with van der Waals surface area (Å²) in [6.45, 7) is 4.33. The lowest BCUT2D eigenvalue weighted by Crippen LogP contribution is -2.35. The van der Waals surface area contributed by atoms with E-state index in [0.29, 0.717) is 28.6 Å². The number of hydrogen-bond acceptors (Lipinski definition) is 3. The minimum Gasteiger partial charge on any atom is -0.506 e. The lowest BCUT2D eigenvalue weighted by atomic mass is 9.90. The van der Waals surface area contributed by atoms with Crippen molar-refractivity contribution in [3.63, 3.8) is 0 Å². The molecule has 0 spiro atoms. The third-order valence-corrected chi connectivity index (χ3v) is 7.97. The number of hydrogen-bond donors (Lipinski definition) is 2. The number of aromatic nitrogens is 1. The molecule has 38 heavy (non-hydrogen) atoms. The summed E-state index contributed by atoms with van der Waals surface area (Å²) in [5.74, 6) is 0.743. The van der Waals surface area contributed by atoms with Gasteiger partial charge in [0.05, 0.1) is 11.1 Å². The number of nitrogens with one attached hydrogen (secondary N) is 1. The Balaban J connectivity index is 1.16. The molecule has 0 atom stereocenters. The van der Waals surface area contributed by atoms with Crippen molar-refractivity contribution < 1.29 is 9.90 Å². The van der Waals surface area contributed by atoms with E-state index in [1.54, 1.807) is 12.1 Å². The Bertz CT molecular complexity index is 1390. The SMILES string of the molecule is O=C(NCc1cccc(Cl)c1)c1cn(CCCN2CCC(Cc3ccc(Cl)cc3)CC2)c2c(O)cccc12. The Morgan fingerprint density at radius 1 is 0.921 bits per heavy atom. The van der Waals surface area contributed by atoms with Gasteiger partial charge in [-0.1, -0.05) is 59.6 Å². The molecular formula is C31H33Cl2N3O2. The van der Waals surface area contributed by atoms with Crippen molar-refractivity contribution in [2.75, 3.05) is 19.6 Å². The number of carbonyl (C=O) groups excluding carboxylic acids is 1. The van der Waals surface area contributed by atoms with Crippen molar-refractivity contribution in [2.24, 2.45) is 5.92 Å². The van der Waals surface area contributed by atoms with E-state index in [-0.39, 0.29) is 11.7 Å². The lowest BCUT2D eigenvalue weighted by Gasteiger charge is -2.32. The van der Waals surface area contributed by atoms with Crippen molar-refractivity contribution in [2.45, 2.75) is 38.8 Å². The molecule has 1 aliphatic rings. The molecule has 7 heteroatoms. The van der Waals surface area contributed by atoms with Crippen LogP contribution in [0.1, 0.15) is 40.7 Å². The van der Waals surface area contributed by atoms with Crippen LogP contribution in [0.25, 0.3) is 10.9 Å².